The van der Waals surface area contributed by atoms with Crippen molar-refractivity contribution in [2.24, 2.45) is 0 Å². The number of rotatable bonds is 7. The van der Waals surface area contributed by atoms with Crippen LogP contribution in [0.2, 0.25) is 0 Å². The van der Waals surface area contributed by atoms with E-state index in [2.05, 4.69) is 29.1 Å². The van der Waals surface area contributed by atoms with Crippen molar-refractivity contribution in [3.8, 4) is 0 Å². The largest absolute Gasteiger partial charge is 0.347 e. The van der Waals surface area contributed by atoms with Crippen molar-refractivity contribution in [3.63, 3.8) is 0 Å². The minimum Gasteiger partial charge on any atom is -0.347 e. The maximum absolute atomic E-state index is 4.27. The Morgan fingerprint density at radius 1 is 1.43 bits per heavy atom. The van der Waals surface area contributed by atoms with Crippen LogP contribution in [0.1, 0.15) is 51.4 Å². The predicted octanol–water partition coefficient (Wildman–Crippen LogP) is 2.64. The molecule has 1 atom stereocenters. The summed E-state index contributed by atoms with van der Waals surface area (Å²) in [4.78, 5) is 7.42. The van der Waals surface area contributed by atoms with E-state index in [-0.39, 0.29) is 0 Å². The molecule has 1 heterocycles. The molecule has 2 N–H and O–H groups in total. The van der Waals surface area contributed by atoms with Crippen molar-refractivity contribution in [2.75, 3.05) is 6.54 Å². The summed E-state index contributed by atoms with van der Waals surface area (Å²) >= 11 is 0. The maximum Gasteiger partial charge on any atom is 0.123 e. The first-order chi connectivity index (χ1) is 6.88. The third kappa shape index (κ3) is 3.50. The van der Waals surface area contributed by atoms with Gasteiger partial charge in [-0.1, -0.05) is 26.7 Å². The summed E-state index contributed by atoms with van der Waals surface area (Å²) in [6, 6.07) is 0.391. The van der Waals surface area contributed by atoms with Crippen molar-refractivity contribution in [1.29, 1.82) is 0 Å². The molecule has 80 valence electrons. The second-order valence-corrected chi connectivity index (χ2v) is 3.60. The highest BCUT2D eigenvalue weighted by molar-refractivity contribution is 4.94. The van der Waals surface area contributed by atoms with Gasteiger partial charge in [0, 0.05) is 12.4 Å². The van der Waals surface area contributed by atoms with Gasteiger partial charge in [0.2, 0.25) is 0 Å². The van der Waals surface area contributed by atoms with Crippen LogP contribution < -0.4 is 5.32 Å². The van der Waals surface area contributed by atoms with Gasteiger partial charge in [0.1, 0.15) is 5.82 Å². The topological polar surface area (TPSA) is 40.7 Å². The van der Waals surface area contributed by atoms with Crippen LogP contribution >= 0.6 is 0 Å². The van der Waals surface area contributed by atoms with Gasteiger partial charge in [-0.05, 0) is 19.4 Å². The molecule has 0 saturated heterocycles. The number of imidazole rings is 1. The highest BCUT2D eigenvalue weighted by Gasteiger charge is 2.09. The van der Waals surface area contributed by atoms with Crippen molar-refractivity contribution >= 4 is 0 Å². The number of nitrogens with one attached hydrogen (secondary N) is 2. The van der Waals surface area contributed by atoms with Crippen molar-refractivity contribution in [1.82, 2.24) is 15.3 Å². The summed E-state index contributed by atoms with van der Waals surface area (Å²) in [6.45, 7) is 5.50. The minimum atomic E-state index is 0.391. The fraction of sp³-hybridized carbons (Fsp3) is 0.727. The van der Waals surface area contributed by atoms with E-state index in [4.69, 9.17) is 0 Å². The summed E-state index contributed by atoms with van der Waals surface area (Å²) in [6.07, 6.45) is 8.62. The molecular weight excluding hydrogens is 174 g/mol. The van der Waals surface area contributed by atoms with Crippen LogP contribution in [0.5, 0.6) is 0 Å². The molecule has 0 aliphatic rings. The average Bonchev–Trinajstić information content (AvgIpc) is 2.71. The molecule has 1 aromatic heterocycles. The van der Waals surface area contributed by atoms with E-state index in [1.54, 1.807) is 0 Å². The van der Waals surface area contributed by atoms with E-state index in [0.717, 1.165) is 18.8 Å². The molecule has 0 aliphatic carbocycles. The molecule has 14 heavy (non-hydrogen) atoms. The van der Waals surface area contributed by atoms with Gasteiger partial charge in [-0.2, -0.15) is 0 Å². The zero-order valence-corrected chi connectivity index (χ0v) is 9.21. The Morgan fingerprint density at radius 2 is 2.29 bits per heavy atom. The standard InChI is InChI=1S/C11H21N3/c1-3-5-6-7-12-10(4-2)11-13-8-9-14-11/h8-10,12H,3-7H2,1-2H3,(H,13,14). The number of aromatic amines is 1. The second-order valence-electron chi connectivity index (χ2n) is 3.60. The first kappa shape index (κ1) is 11.2. The van der Waals surface area contributed by atoms with E-state index in [1.807, 2.05) is 12.4 Å². The Hall–Kier alpha value is -0.830. The van der Waals surface area contributed by atoms with Gasteiger partial charge in [0.15, 0.2) is 0 Å². The predicted molar refractivity (Wildman–Crippen MR) is 59.1 cm³/mol. The third-order valence-electron chi connectivity index (χ3n) is 2.43. The second kappa shape index (κ2) is 6.60. The lowest BCUT2D eigenvalue weighted by molar-refractivity contribution is 0.484. The number of hydrogen-bond acceptors (Lipinski definition) is 2. The molecule has 0 radical (unpaired) electrons. The number of aromatic nitrogens is 2. The Balaban J connectivity index is 2.26. The van der Waals surface area contributed by atoms with Crippen LogP contribution in [0.4, 0.5) is 0 Å². The van der Waals surface area contributed by atoms with Crippen molar-refractivity contribution < 1.29 is 0 Å². The van der Waals surface area contributed by atoms with Gasteiger partial charge in [-0.3, -0.25) is 0 Å². The maximum atomic E-state index is 4.27. The molecule has 3 nitrogen and oxygen atoms in total. The molecule has 3 heteroatoms. The smallest absolute Gasteiger partial charge is 0.123 e. The van der Waals surface area contributed by atoms with E-state index >= 15 is 0 Å². The Bertz CT molecular complexity index is 218. The van der Waals surface area contributed by atoms with Gasteiger partial charge in [0.25, 0.3) is 0 Å². The van der Waals surface area contributed by atoms with Gasteiger partial charge in [-0.15, -0.1) is 0 Å². The Labute approximate surface area is 86.3 Å². The lowest BCUT2D eigenvalue weighted by Gasteiger charge is -2.14. The van der Waals surface area contributed by atoms with E-state index in [9.17, 15) is 0 Å². The van der Waals surface area contributed by atoms with Crippen LogP contribution in [0.3, 0.4) is 0 Å². The zero-order valence-electron chi connectivity index (χ0n) is 9.21. The number of nitrogens with zero attached hydrogens (tertiary/aromatic N) is 1. The van der Waals surface area contributed by atoms with Crippen LogP contribution in [0.25, 0.3) is 0 Å². The summed E-state index contributed by atoms with van der Waals surface area (Å²) in [7, 11) is 0. The lowest BCUT2D eigenvalue weighted by Crippen LogP contribution is -2.22. The van der Waals surface area contributed by atoms with Crippen LogP contribution in [-0.4, -0.2) is 16.5 Å². The average molecular weight is 195 g/mol. The molecule has 0 fully saturated rings. The summed E-state index contributed by atoms with van der Waals surface area (Å²) in [5.74, 6) is 1.06. The Morgan fingerprint density at radius 3 is 2.86 bits per heavy atom. The summed E-state index contributed by atoms with van der Waals surface area (Å²) in [5.41, 5.74) is 0. The number of hydrogen-bond donors (Lipinski definition) is 2. The van der Waals surface area contributed by atoms with Gasteiger partial charge in [0.05, 0.1) is 6.04 Å². The monoisotopic (exact) mass is 195 g/mol. The molecule has 0 bridgehead atoms. The number of unbranched alkanes of at least 4 members (excludes halogenated alkanes) is 2. The lowest BCUT2D eigenvalue weighted by atomic mass is 10.2. The molecular formula is C11H21N3. The third-order valence-corrected chi connectivity index (χ3v) is 2.43. The quantitative estimate of drug-likeness (QED) is 0.657. The molecule has 1 rings (SSSR count). The molecule has 0 amide bonds. The first-order valence-corrected chi connectivity index (χ1v) is 5.61. The normalized spacial score (nSPS) is 13.0. The van der Waals surface area contributed by atoms with Gasteiger partial charge in [-0.25, -0.2) is 4.98 Å². The zero-order chi connectivity index (χ0) is 10.2. The molecule has 0 saturated carbocycles. The van der Waals surface area contributed by atoms with Gasteiger partial charge < -0.3 is 10.3 Å². The van der Waals surface area contributed by atoms with Gasteiger partial charge >= 0.3 is 0 Å². The fourth-order valence-electron chi connectivity index (χ4n) is 1.55. The highest BCUT2D eigenvalue weighted by atomic mass is 15.0. The summed E-state index contributed by atoms with van der Waals surface area (Å²) in [5, 5.41) is 3.51. The number of H-pyrrole nitrogens is 1. The van der Waals surface area contributed by atoms with E-state index in [0.29, 0.717) is 6.04 Å². The fourth-order valence-corrected chi connectivity index (χ4v) is 1.55. The molecule has 0 aromatic carbocycles. The highest BCUT2D eigenvalue weighted by Crippen LogP contribution is 2.10. The van der Waals surface area contributed by atoms with E-state index < -0.39 is 0 Å². The SMILES string of the molecule is CCCCCNC(CC)c1ncc[nH]1. The Kier molecular flexibility index (Phi) is 5.30. The molecule has 1 aromatic rings. The van der Waals surface area contributed by atoms with E-state index in [1.165, 1.54) is 19.3 Å². The van der Waals surface area contributed by atoms with Crippen LogP contribution in [-0.2, 0) is 0 Å². The molecule has 0 aliphatic heterocycles. The van der Waals surface area contributed by atoms with Crippen molar-refractivity contribution in [2.45, 2.75) is 45.6 Å². The van der Waals surface area contributed by atoms with Crippen molar-refractivity contribution in [3.05, 3.63) is 18.2 Å². The summed E-state index contributed by atoms with van der Waals surface area (Å²) < 4.78 is 0. The first-order valence-electron chi connectivity index (χ1n) is 5.61. The van der Waals surface area contributed by atoms with Crippen LogP contribution in [0.15, 0.2) is 12.4 Å². The van der Waals surface area contributed by atoms with Crippen LogP contribution in [0, 0.1) is 0 Å². The molecule has 0 spiro atoms. The minimum absolute atomic E-state index is 0.391. The molecule has 1 unspecified atom stereocenters.